The van der Waals surface area contributed by atoms with E-state index in [9.17, 15) is 4.79 Å². The summed E-state index contributed by atoms with van der Waals surface area (Å²) in [6.07, 6.45) is 3.30. The molecule has 3 nitrogen and oxygen atoms in total. The van der Waals surface area contributed by atoms with Crippen LogP contribution in [0, 0.1) is 10.8 Å². The first-order valence-electron chi connectivity index (χ1n) is 9.19. The highest BCUT2D eigenvalue weighted by Crippen LogP contribution is 2.49. The summed E-state index contributed by atoms with van der Waals surface area (Å²) in [7, 11) is 0. The molecule has 2 aliphatic carbocycles. The Hall–Kier alpha value is -0.0300. The molecule has 0 radical (unpaired) electrons. The second kappa shape index (κ2) is 8.72. The zero-order chi connectivity index (χ0) is 23.3. The molecule has 0 N–H and O–H groups in total. The molecule has 0 aromatic rings. The van der Waals surface area contributed by atoms with Gasteiger partial charge in [0.15, 0.2) is 0 Å². The molecule has 0 bridgehead atoms. The van der Waals surface area contributed by atoms with Gasteiger partial charge in [-0.2, -0.15) is 0 Å². The largest absolute Gasteiger partial charge is 0.509 e. The van der Waals surface area contributed by atoms with E-state index in [0.29, 0.717) is 0 Å². The van der Waals surface area contributed by atoms with Gasteiger partial charge in [0, 0.05) is 0 Å². The number of halogens is 6. The molecule has 0 amide bonds. The Labute approximate surface area is 207 Å². The second-order valence-electron chi connectivity index (χ2n) is 9.38. The number of ether oxygens (including phenoxy) is 2. The molecule has 4 unspecified atom stereocenters. The van der Waals surface area contributed by atoms with Crippen LogP contribution in [0.2, 0.25) is 0 Å². The topological polar surface area (TPSA) is 35.5 Å². The summed E-state index contributed by atoms with van der Waals surface area (Å²) in [5, 5.41) is 1.02. The van der Waals surface area contributed by atoms with Crippen LogP contribution in [0.3, 0.4) is 0 Å². The van der Waals surface area contributed by atoms with Gasteiger partial charge in [-0.25, -0.2) is 4.79 Å². The highest BCUT2D eigenvalue weighted by molar-refractivity contribution is 6.45. The van der Waals surface area contributed by atoms with E-state index < -0.39 is 38.9 Å². The maximum atomic E-state index is 12.8. The minimum Gasteiger partial charge on any atom is -0.424 e. The van der Waals surface area contributed by atoms with Crippen molar-refractivity contribution in [2.75, 3.05) is 0 Å². The van der Waals surface area contributed by atoms with Gasteiger partial charge in [0.2, 0.25) is 0 Å². The fourth-order valence-corrected chi connectivity index (χ4v) is 4.45. The van der Waals surface area contributed by atoms with E-state index in [1.165, 1.54) is 12.2 Å². The Morgan fingerprint density at radius 2 is 1.03 bits per heavy atom. The lowest BCUT2D eigenvalue weighted by Crippen LogP contribution is -2.51. The van der Waals surface area contributed by atoms with Crippen LogP contribution in [-0.4, -0.2) is 28.1 Å². The van der Waals surface area contributed by atoms with Crippen molar-refractivity contribution in [3.05, 3.63) is 44.4 Å². The molecule has 2 rings (SSSR count). The number of hydrogen-bond donors (Lipinski definition) is 0. The van der Waals surface area contributed by atoms with Crippen LogP contribution in [-0.2, 0) is 9.47 Å². The minimum absolute atomic E-state index is 0.228. The lowest BCUT2D eigenvalue weighted by atomic mass is 9.74. The molecule has 168 valence electrons. The normalized spacial score (nSPS) is 32.5. The summed E-state index contributed by atoms with van der Waals surface area (Å²) in [6, 6.07) is 0. The maximum absolute atomic E-state index is 12.8. The van der Waals surface area contributed by atoms with Gasteiger partial charge in [-0.1, -0.05) is 87.9 Å². The van der Waals surface area contributed by atoms with Gasteiger partial charge in [-0.05, 0) is 35.1 Å². The zero-order valence-electron chi connectivity index (χ0n) is 17.5. The standard InChI is InChI=1S/C21H24Cl6O3/c1-18(2,3)20(26)9-13(24)11(22)7-15(20)29-17(28)30-16-8-12(23)14(25)10-21(16,27)19(4,5)6/h7-10,15-16H,1-6H3. The molecule has 0 saturated carbocycles. The molecule has 0 saturated heterocycles. The summed E-state index contributed by atoms with van der Waals surface area (Å²) >= 11 is 38.4. The Morgan fingerprint density at radius 3 is 1.30 bits per heavy atom. The van der Waals surface area contributed by atoms with Crippen LogP contribution in [0.5, 0.6) is 0 Å². The Balaban J connectivity index is 2.31. The minimum atomic E-state index is -1.15. The summed E-state index contributed by atoms with van der Waals surface area (Å²) in [4.78, 5) is 10.5. The van der Waals surface area contributed by atoms with Gasteiger partial charge in [-0.15, -0.1) is 23.2 Å². The van der Waals surface area contributed by atoms with Crippen molar-refractivity contribution in [1.29, 1.82) is 0 Å². The third-order valence-electron chi connectivity index (χ3n) is 5.30. The molecule has 0 aromatic carbocycles. The average molecular weight is 537 g/mol. The van der Waals surface area contributed by atoms with Crippen LogP contribution >= 0.6 is 69.6 Å². The first-order valence-corrected chi connectivity index (χ1v) is 11.5. The van der Waals surface area contributed by atoms with E-state index >= 15 is 0 Å². The van der Waals surface area contributed by atoms with Gasteiger partial charge in [-0.3, -0.25) is 0 Å². The predicted molar refractivity (Wildman–Crippen MR) is 127 cm³/mol. The summed E-state index contributed by atoms with van der Waals surface area (Å²) in [5.74, 6) is 0. The number of carbonyl (C=O) groups is 1. The van der Waals surface area contributed by atoms with Crippen LogP contribution in [0.1, 0.15) is 41.5 Å². The number of allylic oxidation sites excluding steroid dienone is 4. The van der Waals surface area contributed by atoms with Crippen LogP contribution in [0.25, 0.3) is 0 Å². The average Bonchev–Trinajstić information content (AvgIpc) is 2.55. The van der Waals surface area contributed by atoms with Gasteiger partial charge >= 0.3 is 6.16 Å². The third-order valence-corrected chi connectivity index (χ3v) is 8.56. The molecule has 0 spiro atoms. The molecule has 0 aromatic heterocycles. The van der Waals surface area contributed by atoms with Crippen molar-refractivity contribution in [1.82, 2.24) is 0 Å². The van der Waals surface area contributed by atoms with E-state index in [1.54, 1.807) is 12.2 Å². The smallest absolute Gasteiger partial charge is 0.424 e. The van der Waals surface area contributed by atoms with Gasteiger partial charge < -0.3 is 9.47 Å². The van der Waals surface area contributed by atoms with Crippen LogP contribution in [0.4, 0.5) is 4.79 Å². The van der Waals surface area contributed by atoms with E-state index in [1.807, 2.05) is 41.5 Å². The van der Waals surface area contributed by atoms with Crippen LogP contribution < -0.4 is 0 Å². The Bertz CT molecular complexity index is 778. The van der Waals surface area contributed by atoms with Crippen molar-refractivity contribution in [2.24, 2.45) is 10.8 Å². The molecule has 0 aliphatic heterocycles. The molecule has 30 heavy (non-hydrogen) atoms. The third kappa shape index (κ3) is 4.97. The predicted octanol–water partition coefficient (Wildman–Crippen LogP) is 8.44. The second-order valence-corrected chi connectivity index (χ2v) is 12.3. The van der Waals surface area contributed by atoms with Crippen molar-refractivity contribution in [2.45, 2.75) is 63.5 Å². The lowest BCUT2D eigenvalue weighted by molar-refractivity contribution is -0.0105. The van der Waals surface area contributed by atoms with Crippen molar-refractivity contribution in [3.63, 3.8) is 0 Å². The molecular formula is C21H24Cl6O3. The van der Waals surface area contributed by atoms with Crippen LogP contribution in [0.15, 0.2) is 44.4 Å². The highest BCUT2D eigenvalue weighted by atomic mass is 35.5. The Morgan fingerprint density at radius 1 is 0.733 bits per heavy atom. The van der Waals surface area contributed by atoms with E-state index in [0.717, 1.165) is 0 Å². The van der Waals surface area contributed by atoms with Crippen molar-refractivity contribution in [3.8, 4) is 0 Å². The zero-order valence-corrected chi connectivity index (χ0v) is 22.0. The van der Waals surface area contributed by atoms with Gasteiger partial charge in [0.05, 0.1) is 20.1 Å². The SMILES string of the molecule is CC(C)(C)C1(Cl)C=C(Cl)C(Cl)=CC1OC(=O)OC1C=C(Cl)C(Cl)=CC1(Cl)C(C)(C)C. The summed E-state index contributed by atoms with van der Waals surface area (Å²) in [6.45, 7) is 11.4. The molecule has 4 atom stereocenters. The number of alkyl halides is 2. The van der Waals surface area contributed by atoms with Gasteiger partial charge in [0.25, 0.3) is 0 Å². The van der Waals surface area contributed by atoms with E-state index in [4.69, 9.17) is 79.1 Å². The fraction of sp³-hybridized carbons (Fsp3) is 0.571. The molecule has 9 heteroatoms. The maximum Gasteiger partial charge on any atom is 0.509 e. The monoisotopic (exact) mass is 534 g/mol. The first kappa shape index (κ1) is 26.2. The molecular weight excluding hydrogens is 513 g/mol. The van der Waals surface area contributed by atoms with E-state index in [-0.39, 0.29) is 20.1 Å². The molecule has 2 aliphatic rings. The molecule has 0 fully saturated rings. The fourth-order valence-electron chi connectivity index (χ4n) is 3.10. The van der Waals surface area contributed by atoms with Crippen molar-refractivity contribution < 1.29 is 14.3 Å². The number of carbonyl (C=O) groups excluding carboxylic acids is 1. The highest BCUT2D eigenvalue weighted by Gasteiger charge is 2.51. The van der Waals surface area contributed by atoms with Gasteiger partial charge in [0.1, 0.15) is 22.0 Å². The lowest BCUT2D eigenvalue weighted by Gasteiger charge is -2.44. The number of hydrogen-bond acceptors (Lipinski definition) is 3. The quantitative estimate of drug-likeness (QED) is 0.262. The van der Waals surface area contributed by atoms with Crippen molar-refractivity contribution >= 4 is 75.8 Å². The summed E-state index contributed by atoms with van der Waals surface area (Å²) < 4.78 is 11.2. The Kier molecular flexibility index (Phi) is 7.63. The first-order chi connectivity index (χ1) is 13.4. The number of rotatable bonds is 2. The molecule has 0 heterocycles. The van der Waals surface area contributed by atoms with E-state index in [2.05, 4.69) is 0 Å². The summed E-state index contributed by atoms with van der Waals surface area (Å²) in [5.41, 5.74) is -1.06.